The molecule has 0 aliphatic carbocycles. The molecule has 2 aliphatic heterocycles. The van der Waals surface area contributed by atoms with Gasteiger partial charge in [0.2, 0.25) is 5.91 Å². The average molecular weight is 345 g/mol. The van der Waals surface area contributed by atoms with Gasteiger partial charge in [0.05, 0.1) is 6.04 Å². The van der Waals surface area contributed by atoms with Gasteiger partial charge in [0.1, 0.15) is 5.75 Å². The summed E-state index contributed by atoms with van der Waals surface area (Å²) in [6, 6.07) is 7.32. The van der Waals surface area contributed by atoms with Gasteiger partial charge in [-0.05, 0) is 49.4 Å². The quantitative estimate of drug-likeness (QED) is 0.914. The maximum absolute atomic E-state index is 12.9. The summed E-state index contributed by atoms with van der Waals surface area (Å²) in [5.41, 5.74) is 1.13. The lowest BCUT2D eigenvalue weighted by molar-refractivity contribution is -0.139. The molecule has 1 N–H and O–H groups in total. The predicted molar refractivity (Wildman–Crippen MR) is 101 cm³/mol. The van der Waals surface area contributed by atoms with Crippen LogP contribution in [0.2, 0.25) is 0 Å². The van der Waals surface area contributed by atoms with E-state index in [9.17, 15) is 9.90 Å². The second-order valence-electron chi connectivity index (χ2n) is 7.90. The van der Waals surface area contributed by atoms with Crippen molar-refractivity contribution < 1.29 is 9.90 Å². The Morgan fingerprint density at radius 3 is 2.16 bits per heavy atom. The van der Waals surface area contributed by atoms with E-state index in [0.29, 0.717) is 17.6 Å². The van der Waals surface area contributed by atoms with Gasteiger partial charge in [-0.3, -0.25) is 9.69 Å². The van der Waals surface area contributed by atoms with Crippen LogP contribution in [0.25, 0.3) is 0 Å². The van der Waals surface area contributed by atoms with Gasteiger partial charge >= 0.3 is 0 Å². The molecule has 3 atom stereocenters. The highest BCUT2D eigenvalue weighted by Crippen LogP contribution is 2.23. The fraction of sp³-hybridized carbons (Fsp3) is 0.650. The smallest absolute Gasteiger partial charge is 0.239 e. The fourth-order valence-electron chi connectivity index (χ4n) is 4.29. The van der Waals surface area contributed by atoms with E-state index in [4.69, 9.17) is 0 Å². The third kappa shape index (κ3) is 4.27. The summed E-state index contributed by atoms with van der Waals surface area (Å²) >= 11 is 0. The van der Waals surface area contributed by atoms with Gasteiger partial charge in [0.25, 0.3) is 0 Å². The van der Waals surface area contributed by atoms with Crippen molar-refractivity contribution in [3.05, 3.63) is 24.3 Å². The van der Waals surface area contributed by atoms with E-state index < -0.39 is 0 Å². The van der Waals surface area contributed by atoms with Crippen LogP contribution >= 0.6 is 0 Å². The topological polar surface area (TPSA) is 47.0 Å². The summed E-state index contributed by atoms with van der Waals surface area (Å²) in [6.07, 6.45) is 1.23. The molecule has 5 nitrogen and oxygen atoms in total. The van der Waals surface area contributed by atoms with Crippen LogP contribution in [-0.2, 0) is 4.79 Å². The molecule has 138 valence electrons. The van der Waals surface area contributed by atoms with Gasteiger partial charge in [-0.25, -0.2) is 0 Å². The number of rotatable bonds is 3. The zero-order valence-electron chi connectivity index (χ0n) is 15.7. The number of likely N-dealkylation sites (tertiary alicyclic amines) is 1. The summed E-state index contributed by atoms with van der Waals surface area (Å²) in [5, 5.41) is 9.42. The van der Waals surface area contributed by atoms with Gasteiger partial charge in [-0.1, -0.05) is 13.8 Å². The number of amides is 1. The average Bonchev–Trinajstić information content (AvgIpc) is 2.60. The fourth-order valence-corrected chi connectivity index (χ4v) is 4.29. The molecule has 5 heteroatoms. The van der Waals surface area contributed by atoms with Crippen LogP contribution in [0.3, 0.4) is 0 Å². The first-order valence-electron chi connectivity index (χ1n) is 9.51. The van der Waals surface area contributed by atoms with Gasteiger partial charge < -0.3 is 14.9 Å². The second kappa shape index (κ2) is 7.65. The molecule has 1 aromatic rings. The third-order valence-corrected chi connectivity index (χ3v) is 5.61. The molecule has 2 fully saturated rings. The maximum atomic E-state index is 12.9. The normalized spacial score (nSPS) is 26.5. The molecule has 0 saturated carbocycles. The Morgan fingerprint density at radius 1 is 1.04 bits per heavy atom. The minimum Gasteiger partial charge on any atom is -0.508 e. The standard InChI is InChI=1S/C20H31N3O2/c1-15-12-16(2)14-23(13-15)20(25)17(3)21-8-10-22(11-9-21)18-4-6-19(24)7-5-18/h4-7,15-17,24H,8-14H2,1-3H3/t15-,16-,17+/m0/s1. The first kappa shape index (κ1) is 18.1. The number of piperidine rings is 1. The molecule has 2 saturated heterocycles. The van der Waals surface area contributed by atoms with Crippen molar-refractivity contribution in [2.45, 2.75) is 33.2 Å². The van der Waals surface area contributed by atoms with Crippen LogP contribution in [0.1, 0.15) is 27.2 Å². The van der Waals surface area contributed by atoms with Crippen molar-refractivity contribution in [2.24, 2.45) is 11.8 Å². The number of phenols is 1. The van der Waals surface area contributed by atoms with Gasteiger partial charge in [-0.15, -0.1) is 0 Å². The lowest BCUT2D eigenvalue weighted by atomic mass is 9.91. The molecule has 0 radical (unpaired) electrons. The van der Waals surface area contributed by atoms with Crippen LogP contribution in [0, 0.1) is 11.8 Å². The number of carbonyl (C=O) groups excluding carboxylic acids is 1. The van der Waals surface area contributed by atoms with E-state index in [1.165, 1.54) is 6.42 Å². The Morgan fingerprint density at radius 2 is 1.60 bits per heavy atom. The maximum Gasteiger partial charge on any atom is 0.239 e. The number of anilines is 1. The Balaban J connectivity index is 1.55. The molecule has 3 rings (SSSR count). The molecular weight excluding hydrogens is 314 g/mol. The Kier molecular flexibility index (Phi) is 5.52. The molecule has 0 unspecified atom stereocenters. The lowest BCUT2D eigenvalue weighted by Crippen LogP contribution is -2.56. The van der Waals surface area contributed by atoms with Crippen LogP contribution < -0.4 is 4.90 Å². The Hall–Kier alpha value is -1.75. The molecule has 0 spiro atoms. The van der Waals surface area contributed by atoms with Gasteiger partial charge in [0.15, 0.2) is 0 Å². The van der Waals surface area contributed by atoms with Crippen LogP contribution in [-0.4, -0.2) is 66.1 Å². The summed E-state index contributed by atoms with van der Waals surface area (Å²) < 4.78 is 0. The number of carbonyl (C=O) groups is 1. The lowest BCUT2D eigenvalue weighted by Gasteiger charge is -2.42. The number of hydrogen-bond acceptors (Lipinski definition) is 4. The van der Waals surface area contributed by atoms with Crippen LogP contribution in [0.15, 0.2) is 24.3 Å². The van der Waals surface area contributed by atoms with E-state index in [0.717, 1.165) is 45.0 Å². The van der Waals surface area contributed by atoms with Crippen molar-refractivity contribution in [2.75, 3.05) is 44.2 Å². The summed E-state index contributed by atoms with van der Waals surface area (Å²) in [7, 11) is 0. The summed E-state index contributed by atoms with van der Waals surface area (Å²) in [4.78, 5) is 19.6. The molecule has 2 heterocycles. The minimum atomic E-state index is -0.0422. The van der Waals surface area contributed by atoms with Crippen LogP contribution in [0.4, 0.5) is 5.69 Å². The van der Waals surface area contributed by atoms with E-state index >= 15 is 0 Å². The monoisotopic (exact) mass is 345 g/mol. The van der Waals surface area contributed by atoms with Crippen molar-refractivity contribution >= 4 is 11.6 Å². The predicted octanol–water partition coefficient (Wildman–Crippen LogP) is 2.41. The van der Waals surface area contributed by atoms with Crippen molar-refractivity contribution in [1.82, 2.24) is 9.80 Å². The first-order valence-corrected chi connectivity index (χ1v) is 9.51. The van der Waals surface area contributed by atoms with Crippen LogP contribution in [0.5, 0.6) is 5.75 Å². The third-order valence-electron chi connectivity index (χ3n) is 5.61. The van der Waals surface area contributed by atoms with Crippen molar-refractivity contribution in [3.63, 3.8) is 0 Å². The molecule has 0 aromatic heterocycles. The second-order valence-corrected chi connectivity index (χ2v) is 7.90. The van der Waals surface area contributed by atoms with E-state index in [-0.39, 0.29) is 11.9 Å². The largest absolute Gasteiger partial charge is 0.508 e. The molecule has 2 aliphatic rings. The van der Waals surface area contributed by atoms with Gasteiger partial charge in [0, 0.05) is 45.0 Å². The Bertz CT molecular complexity index is 571. The van der Waals surface area contributed by atoms with E-state index in [1.807, 2.05) is 12.1 Å². The first-order chi connectivity index (χ1) is 11.9. The van der Waals surface area contributed by atoms with Gasteiger partial charge in [-0.2, -0.15) is 0 Å². The molecule has 0 bridgehead atoms. The van der Waals surface area contributed by atoms with E-state index in [2.05, 4.69) is 35.5 Å². The van der Waals surface area contributed by atoms with E-state index in [1.54, 1.807) is 12.1 Å². The SMILES string of the molecule is C[C@H]1C[C@H](C)CN(C(=O)[C@@H](C)N2CCN(c3ccc(O)cc3)CC2)C1. The number of phenolic OH excluding ortho intramolecular Hbond substituents is 1. The zero-order valence-corrected chi connectivity index (χ0v) is 15.7. The molecule has 1 amide bonds. The number of benzene rings is 1. The number of nitrogens with zero attached hydrogens (tertiary/aromatic N) is 3. The van der Waals surface area contributed by atoms with Crippen molar-refractivity contribution in [3.8, 4) is 5.75 Å². The Labute approximate surface area is 151 Å². The number of piperazine rings is 1. The molecule has 25 heavy (non-hydrogen) atoms. The highest BCUT2D eigenvalue weighted by Gasteiger charge is 2.32. The minimum absolute atomic E-state index is 0.0422. The summed E-state index contributed by atoms with van der Waals surface area (Å²) in [5.74, 6) is 1.79. The number of aromatic hydroxyl groups is 1. The zero-order chi connectivity index (χ0) is 18.0. The number of hydrogen-bond donors (Lipinski definition) is 1. The van der Waals surface area contributed by atoms with Crippen molar-refractivity contribution in [1.29, 1.82) is 0 Å². The summed E-state index contributed by atoms with van der Waals surface area (Å²) in [6.45, 7) is 12.0. The molecular formula is C20H31N3O2. The molecule has 1 aromatic carbocycles. The highest BCUT2D eigenvalue weighted by atomic mass is 16.3. The highest BCUT2D eigenvalue weighted by molar-refractivity contribution is 5.81.